The molecular weight excluding hydrogens is 253 g/mol. The Morgan fingerprint density at radius 1 is 1.47 bits per heavy atom. The van der Waals surface area contributed by atoms with Gasteiger partial charge in [-0.2, -0.15) is 0 Å². The van der Waals surface area contributed by atoms with Gasteiger partial charge in [0.15, 0.2) is 5.82 Å². The monoisotopic (exact) mass is 265 g/mol. The molecule has 2 rings (SSSR count). The average molecular weight is 265 g/mol. The third-order valence-corrected chi connectivity index (χ3v) is 2.96. The van der Waals surface area contributed by atoms with E-state index in [-0.39, 0.29) is 11.4 Å². The number of nitrogens with one attached hydrogen (secondary N) is 2. The largest absolute Gasteiger partial charge is 0.320 e. The van der Waals surface area contributed by atoms with Crippen molar-refractivity contribution in [3.05, 3.63) is 45.3 Å². The molecule has 0 radical (unpaired) electrons. The number of non-ortho nitro benzene ring substituents is 1. The number of halogens is 1. The number of benzene rings is 1. The van der Waals surface area contributed by atoms with E-state index in [1.165, 1.54) is 6.07 Å². The third kappa shape index (κ3) is 2.76. The number of hydrogen-bond donors (Lipinski definition) is 2. The van der Waals surface area contributed by atoms with Crippen LogP contribution >= 0.6 is 0 Å². The first-order chi connectivity index (χ1) is 8.99. The van der Waals surface area contributed by atoms with Gasteiger partial charge in [0.2, 0.25) is 0 Å². The van der Waals surface area contributed by atoms with Crippen LogP contribution in [0.15, 0.2) is 29.3 Å². The molecule has 0 aliphatic carbocycles. The van der Waals surface area contributed by atoms with Crippen molar-refractivity contribution in [2.75, 3.05) is 18.4 Å². The molecular formula is C12H12FN3O3. The van der Waals surface area contributed by atoms with E-state index in [4.69, 9.17) is 0 Å². The Kier molecular flexibility index (Phi) is 3.57. The molecule has 0 bridgehead atoms. The molecule has 1 amide bonds. The molecule has 7 heteroatoms. The van der Waals surface area contributed by atoms with Crippen molar-refractivity contribution < 1.29 is 14.1 Å². The molecule has 0 atom stereocenters. The summed E-state index contributed by atoms with van der Waals surface area (Å²) in [6.07, 6.45) is 0. The molecule has 1 aliphatic rings. The van der Waals surface area contributed by atoms with Gasteiger partial charge >= 0.3 is 0 Å². The summed E-state index contributed by atoms with van der Waals surface area (Å²) in [6, 6.07) is 3.11. The molecule has 100 valence electrons. The van der Waals surface area contributed by atoms with Gasteiger partial charge in [0.25, 0.3) is 11.6 Å². The third-order valence-electron chi connectivity index (χ3n) is 2.96. The number of nitro benzene ring substituents is 1. The number of carbonyl (C=O) groups is 1. The van der Waals surface area contributed by atoms with Gasteiger partial charge in [-0.15, -0.1) is 0 Å². The summed E-state index contributed by atoms with van der Waals surface area (Å²) in [5.41, 5.74) is 1.09. The second-order valence-corrected chi connectivity index (χ2v) is 4.21. The molecule has 19 heavy (non-hydrogen) atoms. The van der Waals surface area contributed by atoms with Crippen LogP contribution in [0.2, 0.25) is 0 Å². The molecule has 0 saturated carbocycles. The van der Waals surface area contributed by atoms with Gasteiger partial charge in [-0.05, 0) is 18.6 Å². The lowest BCUT2D eigenvalue weighted by Crippen LogP contribution is -2.36. The second-order valence-electron chi connectivity index (χ2n) is 4.21. The quantitative estimate of drug-likeness (QED) is 0.494. The summed E-state index contributed by atoms with van der Waals surface area (Å²) in [5, 5.41) is 15.9. The molecule has 1 aliphatic heterocycles. The molecule has 0 aromatic heterocycles. The minimum Gasteiger partial charge on any atom is -0.320 e. The molecule has 0 unspecified atom stereocenters. The van der Waals surface area contributed by atoms with E-state index in [1.807, 2.05) is 0 Å². The Morgan fingerprint density at radius 2 is 2.16 bits per heavy atom. The summed E-state index contributed by atoms with van der Waals surface area (Å²) < 4.78 is 13.6. The van der Waals surface area contributed by atoms with Crippen LogP contribution in [0, 0.1) is 15.9 Å². The maximum Gasteiger partial charge on any atom is 0.272 e. The maximum atomic E-state index is 13.6. The van der Waals surface area contributed by atoms with Crippen LogP contribution in [0.5, 0.6) is 0 Å². The number of amides is 1. The highest BCUT2D eigenvalue weighted by Crippen LogP contribution is 2.21. The number of anilines is 1. The van der Waals surface area contributed by atoms with Gasteiger partial charge in [0, 0.05) is 24.7 Å². The fourth-order valence-corrected chi connectivity index (χ4v) is 1.61. The van der Waals surface area contributed by atoms with Crippen molar-refractivity contribution in [2.24, 2.45) is 0 Å². The van der Waals surface area contributed by atoms with Crippen LogP contribution in [0.3, 0.4) is 0 Å². The first kappa shape index (κ1) is 13.2. The fourth-order valence-electron chi connectivity index (χ4n) is 1.61. The molecule has 1 heterocycles. The van der Waals surface area contributed by atoms with Crippen LogP contribution in [-0.4, -0.2) is 23.9 Å². The first-order valence-corrected chi connectivity index (χ1v) is 5.63. The average Bonchev–Trinajstić information content (AvgIpc) is 2.29. The first-order valence-electron chi connectivity index (χ1n) is 5.63. The molecule has 6 nitrogen and oxygen atoms in total. The fraction of sp³-hybridized carbons (Fsp3) is 0.250. The highest BCUT2D eigenvalue weighted by Gasteiger charge is 2.18. The lowest BCUT2D eigenvalue weighted by Gasteiger charge is -2.21. The highest BCUT2D eigenvalue weighted by molar-refractivity contribution is 6.04. The Hall–Kier alpha value is -2.28. The van der Waals surface area contributed by atoms with Crippen LogP contribution in [0.25, 0.3) is 0 Å². The zero-order valence-electron chi connectivity index (χ0n) is 10.2. The van der Waals surface area contributed by atoms with E-state index in [2.05, 4.69) is 10.6 Å². The lowest BCUT2D eigenvalue weighted by atomic mass is 10.0. The van der Waals surface area contributed by atoms with Crippen LogP contribution in [-0.2, 0) is 4.79 Å². The van der Waals surface area contributed by atoms with Gasteiger partial charge in [-0.25, -0.2) is 4.39 Å². The predicted molar refractivity (Wildman–Crippen MR) is 67.3 cm³/mol. The number of nitro groups is 1. The molecule has 0 spiro atoms. The maximum absolute atomic E-state index is 13.6. The number of carbonyl (C=O) groups excluding carboxylic acids is 1. The summed E-state index contributed by atoms with van der Waals surface area (Å²) in [4.78, 5) is 21.6. The smallest absolute Gasteiger partial charge is 0.272 e. The number of nitrogens with zero attached hydrogens (tertiary/aromatic N) is 1. The van der Waals surface area contributed by atoms with Crippen molar-refractivity contribution in [3.63, 3.8) is 0 Å². The Balaban J connectivity index is 2.15. The Labute approximate surface area is 108 Å². The molecule has 1 aromatic rings. The van der Waals surface area contributed by atoms with Gasteiger partial charge in [0.1, 0.15) is 0 Å². The minimum atomic E-state index is -0.827. The summed E-state index contributed by atoms with van der Waals surface area (Å²) in [7, 11) is 0. The number of rotatable bonds is 3. The van der Waals surface area contributed by atoms with Crippen LogP contribution < -0.4 is 10.6 Å². The van der Waals surface area contributed by atoms with E-state index in [1.54, 1.807) is 6.92 Å². The normalized spacial score (nSPS) is 13.7. The molecule has 1 fully saturated rings. The lowest BCUT2D eigenvalue weighted by molar-refractivity contribution is -0.385. The molecule has 1 aromatic carbocycles. The van der Waals surface area contributed by atoms with E-state index in [9.17, 15) is 19.3 Å². The zero-order chi connectivity index (χ0) is 14.0. The molecule has 1 saturated heterocycles. The summed E-state index contributed by atoms with van der Waals surface area (Å²) >= 11 is 0. The van der Waals surface area contributed by atoms with E-state index in [0.717, 1.165) is 17.7 Å². The van der Waals surface area contributed by atoms with Crippen molar-refractivity contribution in [1.29, 1.82) is 0 Å². The molecule has 2 N–H and O–H groups in total. The standard InChI is InChI=1S/C12H12FN3O3/c1-7(8-5-14-6-8)12(17)15-11-3-2-9(16(18)19)4-10(11)13/h2-4,14H,5-6H2,1H3,(H,15,17). The van der Waals surface area contributed by atoms with Gasteiger partial charge in [0.05, 0.1) is 16.7 Å². The van der Waals surface area contributed by atoms with E-state index < -0.39 is 16.6 Å². The second kappa shape index (κ2) is 5.15. The van der Waals surface area contributed by atoms with Crippen LogP contribution in [0.1, 0.15) is 6.92 Å². The minimum absolute atomic E-state index is 0.0668. The number of hydrogen-bond acceptors (Lipinski definition) is 4. The summed E-state index contributed by atoms with van der Waals surface area (Å²) in [6.45, 7) is 2.97. The Bertz CT molecular complexity index is 578. The zero-order valence-corrected chi connectivity index (χ0v) is 10.2. The van der Waals surface area contributed by atoms with Crippen molar-refractivity contribution in [3.8, 4) is 0 Å². The van der Waals surface area contributed by atoms with E-state index >= 15 is 0 Å². The van der Waals surface area contributed by atoms with Gasteiger partial charge in [-0.3, -0.25) is 14.9 Å². The van der Waals surface area contributed by atoms with Crippen molar-refractivity contribution in [2.45, 2.75) is 6.92 Å². The highest BCUT2D eigenvalue weighted by atomic mass is 19.1. The van der Waals surface area contributed by atoms with Crippen molar-refractivity contribution >= 4 is 17.3 Å². The van der Waals surface area contributed by atoms with E-state index in [0.29, 0.717) is 18.7 Å². The van der Waals surface area contributed by atoms with Crippen molar-refractivity contribution in [1.82, 2.24) is 5.32 Å². The predicted octanol–water partition coefficient (Wildman–Crippen LogP) is 1.59. The summed E-state index contributed by atoms with van der Waals surface area (Å²) in [5.74, 6) is -1.23. The SMILES string of the molecule is CC(C(=O)Nc1ccc([N+](=O)[O-])cc1F)=C1CNC1. The topological polar surface area (TPSA) is 84.3 Å². The van der Waals surface area contributed by atoms with Crippen LogP contribution in [0.4, 0.5) is 15.8 Å². The van der Waals surface area contributed by atoms with Gasteiger partial charge in [-0.1, -0.05) is 0 Å². The van der Waals surface area contributed by atoms with Gasteiger partial charge < -0.3 is 10.6 Å². The Morgan fingerprint density at radius 3 is 2.63 bits per heavy atom.